The molecule has 1 rings (SSSR count). The molecule has 1 aliphatic carbocycles. The van der Waals surface area contributed by atoms with E-state index in [-0.39, 0.29) is 11.0 Å². The smallest absolute Gasteiger partial charge is 0.341 e. The van der Waals surface area contributed by atoms with Crippen molar-refractivity contribution in [3.05, 3.63) is 48.4 Å². The molecule has 0 aliphatic heterocycles. The van der Waals surface area contributed by atoms with E-state index in [0.717, 1.165) is 30.5 Å². The summed E-state index contributed by atoms with van der Waals surface area (Å²) in [4.78, 5) is 25.2. The van der Waals surface area contributed by atoms with Gasteiger partial charge in [0, 0.05) is 17.3 Å². The van der Waals surface area contributed by atoms with Gasteiger partial charge >= 0.3 is 5.97 Å². The molecular formula is C17H23NO3. The highest BCUT2D eigenvalue weighted by Crippen LogP contribution is 2.42. The molecule has 0 unspecified atom stereocenters. The van der Waals surface area contributed by atoms with Gasteiger partial charge in [0.25, 0.3) is 5.91 Å². The summed E-state index contributed by atoms with van der Waals surface area (Å²) in [5.74, 6) is -1.85. The zero-order valence-electron chi connectivity index (χ0n) is 13.0. The number of allylic oxidation sites excluding steroid dienone is 4. The number of carbonyl (C=O) groups is 2. The molecule has 114 valence electrons. The van der Waals surface area contributed by atoms with Gasteiger partial charge in [-0.1, -0.05) is 38.7 Å². The fourth-order valence-electron chi connectivity index (χ4n) is 2.90. The summed E-state index contributed by atoms with van der Waals surface area (Å²) in [7, 11) is 0. The third kappa shape index (κ3) is 3.51. The number of rotatable bonds is 5. The van der Waals surface area contributed by atoms with E-state index in [4.69, 9.17) is 0 Å². The molecule has 0 radical (unpaired) electrons. The zero-order chi connectivity index (χ0) is 16.2. The van der Waals surface area contributed by atoms with E-state index in [0.29, 0.717) is 0 Å². The summed E-state index contributed by atoms with van der Waals surface area (Å²) in [6.07, 6.45) is 6.83. The van der Waals surface area contributed by atoms with Crippen molar-refractivity contribution in [1.82, 2.24) is 4.90 Å². The monoisotopic (exact) mass is 289 g/mol. The molecule has 0 aromatic heterocycles. The number of nitrogens with zero attached hydrogens (tertiary/aromatic N) is 1. The fourth-order valence-corrected chi connectivity index (χ4v) is 2.90. The quantitative estimate of drug-likeness (QED) is 0.364. The molecular weight excluding hydrogens is 266 g/mol. The topological polar surface area (TPSA) is 57.6 Å². The van der Waals surface area contributed by atoms with Crippen LogP contribution in [0.3, 0.4) is 0 Å². The number of hydrogen-bond acceptors (Lipinski definition) is 2. The number of carboxylic acids is 1. The highest BCUT2D eigenvalue weighted by molar-refractivity contribution is 6.16. The maximum atomic E-state index is 12.6. The van der Waals surface area contributed by atoms with Crippen molar-refractivity contribution in [3.63, 3.8) is 0 Å². The Bertz CT molecular complexity index is 538. The van der Waals surface area contributed by atoms with Crippen LogP contribution in [0.2, 0.25) is 0 Å². The Morgan fingerprint density at radius 3 is 2.38 bits per heavy atom. The Balaban J connectivity index is 3.33. The molecule has 21 heavy (non-hydrogen) atoms. The molecule has 1 N–H and O–H groups in total. The standard InChI is InChI=1S/C17H23NO3/c1-6-9-13(16(20)21)15(19)18(7-2)14-12(3)10-8-11-17(14,4)5/h6-7,9H,1-2,8,10-11H2,3-5H3,(H,20,21)/b13-9-. The summed E-state index contributed by atoms with van der Waals surface area (Å²) in [6, 6.07) is 0. The number of carbonyl (C=O) groups excluding carboxylic acids is 1. The SMILES string of the molecule is C=C/C=C(\C(=O)O)C(=O)N(C=C)C1=C(C)CCCC1(C)C. The number of hydrogen-bond donors (Lipinski definition) is 1. The van der Waals surface area contributed by atoms with Gasteiger partial charge in [-0.25, -0.2) is 4.79 Å². The second-order valence-corrected chi connectivity index (χ2v) is 5.85. The van der Waals surface area contributed by atoms with E-state index in [9.17, 15) is 14.7 Å². The first kappa shape index (κ1) is 17.0. The van der Waals surface area contributed by atoms with Crippen LogP contribution in [-0.2, 0) is 9.59 Å². The van der Waals surface area contributed by atoms with Crippen LogP contribution in [0.25, 0.3) is 0 Å². The largest absolute Gasteiger partial charge is 0.477 e. The maximum Gasteiger partial charge on any atom is 0.341 e. The predicted molar refractivity (Wildman–Crippen MR) is 83.3 cm³/mol. The van der Waals surface area contributed by atoms with E-state index >= 15 is 0 Å². The fraction of sp³-hybridized carbons (Fsp3) is 0.412. The van der Waals surface area contributed by atoms with Crippen molar-refractivity contribution < 1.29 is 14.7 Å². The molecule has 0 heterocycles. The molecule has 1 aliphatic rings. The Labute approximate surface area is 126 Å². The summed E-state index contributed by atoms with van der Waals surface area (Å²) in [5, 5.41) is 9.20. The van der Waals surface area contributed by atoms with Crippen LogP contribution >= 0.6 is 0 Å². The molecule has 0 fully saturated rings. The highest BCUT2D eigenvalue weighted by Gasteiger charge is 2.35. The van der Waals surface area contributed by atoms with Gasteiger partial charge in [-0.15, -0.1) is 0 Å². The van der Waals surface area contributed by atoms with Crippen LogP contribution in [0.5, 0.6) is 0 Å². The number of carboxylic acid groups (broad SMARTS) is 1. The Hall–Kier alpha value is -2.10. The Kier molecular flexibility index (Phi) is 5.30. The van der Waals surface area contributed by atoms with Gasteiger partial charge in [0.1, 0.15) is 5.57 Å². The second-order valence-electron chi connectivity index (χ2n) is 5.85. The van der Waals surface area contributed by atoms with Crippen LogP contribution in [0.15, 0.2) is 48.4 Å². The lowest BCUT2D eigenvalue weighted by Gasteiger charge is -2.39. The first-order chi connectivity index (χ1) is 9.76. The van der Waals surface area contributed by atoms with Crippen molar-refractivity contribution in [2.45, 2.75) is 40.0 Å². The third-order valence-electron chi connectivity index (χ3n) is 3.79. The van der Waals surface area contributed by atoms with Gasteiger partial charge in [0.15, 0.2) is 0 Å². The van der Waals surface area contributed by atoms with Gasteiger partial charge < -0.3 is 5.11 Å². The van der Waals surface area contributed by atoms with Crippen LogP contribution in [0.4, 0.5) is 0 Å². The average Bonchev–Trinajstić information content (AvgIpc) is 2.38. The van der Waals surface area contributed by atoms with Gasteiger partial charge in [0.2, 0.25) is 0 Å². The molecule has 4 heteroatoms. The molecule has 0 saturated carbocycles. The Morgan fingerprint density at radius 1 is 1.33 bits per heavy atom. The van der Waals surface area contributed by atoms with Crippen LogP contribution in [0.1, 0.15) is 40.0 Å². The zero-order valence-corrected chi connectivity index (χ0v) is 13.0. The normalized spacial score (nSPS) is 18.1. The summed E-state index contributed by atoms with van der Waals surface area (Å²) < 4.78 is 0. The minimum absolute atomic E-state index is 0.191. The molecule has 0 saturated heterocycles. The van der Waals surface area contributed by atoms with Crippen LogP contribution < -0.4 is 0 Å². The molecule has 0 aromatic carbocycles. The molecule has 0 bridgehead atoms. The first-order valence-electron chi connectivity index (χ1n) is 6.98. The minimum atomic E-state index is -1.27. The number of amides is 1. The third-order valence-corrected chi connectivity index (χ3v) is 3.79. The van der Waals surface area contributed by atoms with Crippen molar-refractivity contribution >= 4 is 11.9 Å². The van der Waals surface area contributed by atoms with Crippen molar-refractivity contribution in [1.29, 1.82) is 0 Å². The van der Waals surface area contributed by atoms with Crippen LogP contribution in [0, 0.1) is 5.41 Å². The maximum absolute atomic E-state index is 12.6. The summed E-state index contributed by atoms with van der Waals surface area (Å²) in [5.41, 5.74) is 1.45. The van der Waals surface area contributed by atoms with Gasteiger partial charge in [-0.2, -0.15) is 0 Å². The molecule has 0 spiro atoms. The van der Waals surface area contributed by atoms with E-state index in [1.807, 2.05) is 6.92 Å². The highest BCUT2D eigenvalue weighted by atomic mass is 16.4. The van der Waals surface area contributed by atoms with E-state index < -0.39 is 11.9 Å². The lowest BCUT2D eigenvalue weighted by molar-refractivity contribution is -0.136. The lowest BCUT2D eigenvalue weighted by atomic mass is 9.76. The second kappa shape index (κ2) is 6.57. The minimum Gasteiger partial charge on any atom is -0.477 e. The van der Waals surface area contributed by atoms with Crippen molar-refractivity contribution in [2.24, 2.45) is 5.41 Å². The van der Waals surface area contributed by atoms with Crippen LogP contribution in [-0.4, -0.2) is 21.9 Å². The summed E-state index contributed by atoms with van der Waals surface area (Å²) in [6.45, 7) is 13.2. The number of aliphatic carboxylic acids is 1. The van der Waals surface area contributed by atoms with E-state index in [1.54, 1.807) is 0 Å². The molecule has 4 nitrogen and oxygen atoms in total. The van der Waals surface area contributed by atoms with Gasteiger partial charge in [-0.05, 0) is 32.3 Å². The van der Waals surface area contributed by atoms with Crippen molar-refractivity contribution in [2.75, 3.05) is 0 Å². The van der Waals surface area contributed by atoms with Gasteiger partial charge in [0.05, 0.1) is 0 Å². The van der Waals surface area contributed by atoms with E-state index in [1.165, 1.54) is 23.3 Å². The lowest BCUT2D eigenvalue weighted by Crippen LogP contribution is -2.37. The molecule has 0 aromatic rings. The molecule has 0 atom stereocenters. The van der Waals surface area contributed by atoms with Crippen molar-refractivity contribution in [3.8, 4) is 0 Å². The average molecular weight is 289 g/mol. The van der Waals surface area contributed by atoms with Gasteiger partial charge in [-0.3, -0.25) is 9.69 Å². The predicted octanol–water partition coefficient (Wildman–Crippen LogP) is 3.64. The van der Waals surface area contributed by atoms with E-state index in [2.05, 4.69) is 27.0 Å². The Morgan fingerprint density at radius 2 is 1.95 bits per heavy atom. The summed E-state index contributed by atoms with van der Waals surface area (Å²) >= 11 is 0. The molecule has 1 amide bonds. The first-order valence-corrected chi connectivity index (χ1v) is 6.98.